The Labute approximate surface area is 118 Å². The molecule has 1 fully saturated rings. The van der Waals surface area contributed by atoms with Crippen molar-refractivity contribution in [1.29, 1.82) is 0 Å². The predicted octanol–water partition coefficient (Wildman–Crippen LogP) is 4.86. The minimum Gasteiger partial charge on any atom is -0.348 e. The SMILES string of the molecule is CCCC1(C)COC(/C=C(\C)CCC=C(C)C)OC1. The first-order chi connectivity index (χ1) is 8.95. The van der Waals surface area contributed by atoms with Crippen LogP contribution in [0.5, 0.6) is 0 Å². The molecule has 2 nitrogen and oxygen atoms in total. The van der Waals surface area contributed by atoms with Crippen LogP contribution in [0.15, 0.2) is 23.3 Å². The quantitative estimate of drug-likeness (QED) is 0.639. The zero-order chi connectivity index (χ0) is 14.3. The third-order valence-electron chi connectivity index (χ3n) is 3.56. The molecule has 1 rings (SSSR count). The summed E-state index contributed by atoms with van der Waals surface area (Å²) in [5.41, 5.74) is 2.93. The van der Waals surface area contributed by atoms with E-state index < -0.39 is 0 Å². The molecule has 1 heterocycles. The second-order valence-electron chi connectivity index (χ2n) is 6.38. The summed E-state index contributed by atoms with van der Waals surface area (Å²) in [6.45, 7) is 12.5. The Morgan fingerprint density at radius 2 is 1.84 bits per heavy atom. The minimum absolute atomic E-state index is 0.142. The molecule has 110 valence electrons. The molecule has 0 bridgehead atoms. The van der Waals surface area contributed by atoms with Gasteiger partial charge in [-0.15, -0.1) is 0 Å². The first-order valence-electron chi connectivity index (χ1n) is 7.49. The van der Waals surface area contributed by atoms with Gasteiger partial charge in [-0.3, -0.25) is 0 Å². The van der Waals surface area contributed by atoms with Gasteiger partial charge in [0.2, 0.25) is 0 Å². The molecular formula is C17H30O2. The van der Waals surface area contributed by atoms with E-state index in [9.17, 15) is 0 Å². The molecule has 1 aliphatic heterocycles. The first kappa shape index (κ1) is 16.5. The van der Waals surface area contributed by atoms with E-state index in [-0.39, 0.29) is 11.7 Å². The number of rotatable bonds is 6. The van der Waals surface area contributed by atoms with Crippen molar-refractivity contribution in [3.8, 4) is 0 Å². The Morgan fingerprint density at radius 1 is 1.21 bits per heavy atom. The first-order valence-corrected chi connectivity index (χ1v) is 7.49. The van der Waals surface area contributed by atoms with Gasteiger partial charge in [0.15, 0.2) is 6.29 Å². The third kappa shape index (κ3) is 6.40. The van der Waals surface area contributed by atoms with E-state index >= 15 is 0 Å². The smallest absolute Gasteiger partial charge is 0.177 e. The maximum absolute atomic E-state index is 5.83. The van der Waals surface area contributed by atoms with Gasteiger partial charge in [-0.25, -0.2) is 0 Å². The molecule has 2 heteroatoms. The molecule has 0 atom stereocenters. The van der Waals surface area contributed by atoms with E-state index in [2.05, 4.69) is 46.8 Å². The van der Waals surface area contributed by atoms with E-state index in [0.29, 0.717) is 0 Å². The Kier molecular flexibility index (Phi) is 6.81. The summed E-state index contributed by atoms with van der Waals surface area (Å²) in [6, 6.07) is 0. The van der Waals surface area contributed by atoms with Crippen molar-refractivity contribution in [1.82, 2.24) is 0 Å². The fourth-order valence-electron chi connectivity index (χ4n) is 2.40. The predicted molar refractivity (Wildman–Crippen MR) is 81.1 cm³/mol. The Hall–Kier alpha value is -0.600. The van der Waals surface area contributed by atoms with Crippen molar-refractivity contribution in [2.45, 2.75) is 66.6 Å². The highest BCUT2D eigenvalue weighted by Crippen LogP contribution is 2.29. The summed E-state index contributed by atoms with van der Waals surface area (Å²) >= 11 is 0. The summed E-state index contributed by atoms with van der Waals surface area (Å²) in [4.78, 5) is 0. The second-order valence-corrected chi connectivity index (χ2v) is 6.38. The molecule has 19 heavy (non-hydrogen) atoms. The summed E-state index contributed by atoms with van der Waals surface area (Å²) < 4.78 is 11.7. The molecule has 0 aliphatic carbocycles. The third-order valence-corrected chi connectivity index (χ3v) is 3.56. The van der Waals surface area contributed by atoms with Gasteiger partial charge in [0.05, 0.1) is 13.2 Å². The maximum Gasteiger partial charge on any atom is 0.177 e. The van der Waals surface area contributed by atoms with E-state index in [1.54, 1.807) is 0 Å². The van der Waals surface area contributed by atoms with Crippen LogP contribution in [0.2, 0.25) is 0 Å². The molecule has 0 aromatic carbocycles. The van der Waals surface area contributed by atoms with Gasteiger partial charge in [0, 0.05) is 5.41 Å². The van der Waals surface area contributed by atoms with Crippen molar-refractivity contribution in [3.05, 3.63) is 23.3 Å². The lowest BCUT2D eigenvalue weighted by Gasteiger charge is -2.36. The number of hydrogen-bond acceptors (Lipinski definition) is 2. The van der Waals surface area contributed by atoms with E-state index in [1.165, 1.54) is 24.0 Å². The molecule has 0 N–H and O–H groups in total. The number of allylic oxidation sites excluding steroid dienone is 3. The van der Waals surface area contributed by atoms with E-state index in [0.717, 1.165) is 26.1 Å². The van der Waals surface area contributed by atoms with Gasteiger partial charge >= 0.3 is 0 Å². The lowest BCUT2D eigenvalue weighted by molar-refractivity contribution is -0.204. The van der Waals surface area contributed by atoms with Crippen LogP contribution in [0.4, 0.5) is 0 Å². The van der Waals surface area contributed by atoms with E-state index in [4.69, 9.17) is 9.47 Å². The van der Waals surface area contributed by atoms with Crippen LogP contribution in [0.3, 0.4) is 0 Å². The lowest BCUT2D eigenvalue weighted by atomic mass is 9.87. The molecule has 0 aromatic heterocycles. The number of hydrogen-bond donors (Lipinski definition) is 0. The van der Waals surface area contributed by atoms with Gasteiger partial charge in [-0.2, -0.15) is 0 Å². The normalized spacial score (nSPS) is 28.3. The minimum atomic E-state index is -0.142. The van der Waals surface area contributed by atoms with Crippen molar-refractivity contribution < 1.29 is 9.47 Å². The average Bonchev–Trinajstić information content (AvgIpc) is 2.32. The average molecular weight is 266 g/mol. The summed E-state index contributed by atoms with van der Waals surface area (Å²) in [6.07, 6.45) is 8.81. The Morgan fingerprint density at radius 3 is 2.37 bits per heavy atom. The van der Waals surface area contributed by atoms with Crippen LogP contribution < -0.4 is 0 Å². The fourth-order valence-corrected chi connectivity index (χ4v) is 2.40. The topological polar surface area (TPSA) is 18.5 Å². The van der Waals surface area contributed by atoms with Crippen molar-refractivity contribution in [2.75, 3.05) is 13.2 Å². The molecule has 0 radical (unpaired) electrons. The van der Waals surface area contributed by atoms with Crippen LogP contribution >= 0.6 is 0 Å². The molecule has 0 amide bonds. The van der Waals surface area contributed by atoms with Gasteiger partial charge in [-0.05, 0) is 46.1 Å². The van der Waals surface area contributed by atoms with E-state index in [1.807, 2.05) is 0 Å². The molecule has 0 spiro atoms. The highest BCUT2D eigenvalue weighted by molar-refractivity contribution is 5.04. The van der Waals surface area contributed by atoms with Crippen LogP contribution in [0.1, 0.15) is 60.3 Å². The van der Waals surface area contributed by atoms with Crippen molar-refractivity contribution in [3.63, 3.8) is 0 Å². The zero-order valence-corrected chi connectivity index (χ0v) is 13.3. The zero-order valence-electron chi connectivity index (χ0n) is 13.3. The molecule has 0 saturated carbocycles. The summed E-state index contributed by atoms with van der Waals surface area (Å²) in [5.74, 6) is 0. The standard InChI is InChI=1S/C17H30O2/c1-6-10-17(5)12-18-16(19-13-17)11-15(4)9-7-8-14(2)3/h8,11,16H,6-7,9-10,12-13H2,1-5H3/b15-11+. The summed E-state index contributed by atoms with van der Waals surface area (Å²) in [5, 5.41) is 0. The largest absolute Gasteiger partial charge is 0.348 e. The van der Waals surface area contributed by atoms with Crippen molar-refractivity contribution >= 4 is 0 Å². The Balaban J connectivity index is 2.37. The highest BCUT2D eigenvalue weighted by atomic mass is 16.7. The van der Waals surface area contributed by atoms with Crippen LogP contribution in [-0.4, -0.2) is 19.5 Å². The van der Waals surface area contributed by atoms with Crippen LogP contribution in [0.25, 0.3) is 0 Å². The van der Waals surface area contributed by atoms with Gasteiger partial charge in [0.1, 0.15) is 0 Å². The highest BCUT2D eigenvalue weighted by Gasteiger charge is 2.30. The fraction of sp³-hybridized carbons (Fsp3) is 0.765. The Bertz CT molecular complexity index is 316. The monoisotopic (exact) mass is 266 g/mol. The summed E-state index contributed by atoms with van der Waals surface area (Å²) in [7, 11) is 0. The maximum atomic E-state index is 5.83. The number of ether oxygens (including phenoxy) is 2. The van der Waals surface area contributed by atoms with Gasteiger partial charge in [0.25, 0.3) is 0 Å². The van der Waals surface area contributed by atoms with Gasteiger partial charge in [-0.1, -0.05) is 37.5 Å². The second kappa shape index (κ2) is 7.86. The molecular weight excluding hydrogens is 236 g/mol. The molecule has 1 aliphatic rings. The molecule has 0 aromatic rings. The van der Waals surface area contributed by atoms with Gasteiger partial charge < -0.3 is 9.47 Å². The molecule has 0 unspecified atom stereocenters. The van der Waals surface area contributed by atoms with Crippen LogP contribution in [0, 0.1) is 5.41 Å². The lowest BCUT2D eigenvalue weighted by Crippen LogP contribution is -2.39. The van der Waals surface area contributed by atoms with Crippen molar-refractivity contribution in [2.24, 2.45) is 5.41 Å². The van der Waals surface area contributed by atoms with Crippen LogP contribution in [-0.2, 0) is 9.47 Å². The molecule has 1 saturated heterocycles.